The van der Waals surface area contributed by atoms with E-state index in [1.54, 1.807) is 0 Å². The molecule has 3 aliphatic carbocycles. The predicted molar refractivity (Wildman–Crippen MR) is 68.3 cm³/mol. The second kappa shape index (κ2) is 15.3. The molecule has 4 heteroatoms. The molecule has 1 N–H and O–H groups in total. The summed E-state index contributed by atoms with van der Waals surface area (Å²) in [6.45, 7) is 0. The van der Waals surface area contributed by atoms with Crippen LogP contribution >= 0.6 is 0 Å². The van der Waals surface area contributed by atoms with Crippen molar-refractivity contribution in [2.75, 3.05) is 0 Å². The van der Waals surface area contributed by atoms with Crippen LogP contribution in [-0.2, 0) is 70.2 Å². The van der Waals surface area contributed by atoms with E-state index in [9.17, 15) is 4.79 Å². The van der Waals surface area contributed by atoms with E-state index in [0.29, 0.717) is 0 Å². The number of hydrogen-bond donors (Lipinski definition) is 1. The Labute approximate surface area is 166 Å². The van der Waals surface area contributed by atoms with Crippen molar-refractivity contribution in [2.45, 2.75) is 51.4 Å². The zero-order valence-electron chi connectivity index (χ0n) is 11.4. The van der Waals surface area contributed by atoms with Gasteiger partial charge in [0, 0.05) is 71.5 Å². The number of allylic oxidation sites excluding steroid dienone is 6. The molecule has 0 aromatic carbocycles. The maximum absolute atomic E-state index is 9.87. The summed E-state index contributed by atoms with van der Waals surface area (Å²) < 4.78 is 0. The van der Waals surface area contributed by atoms with Gasteiger partial charge < -0.3 is 17.3 Å². The average Bonchev–Trinajstić information content (AvgIpc) is 2.89. The van der Waals surface area contributed by atoms with Gasteiger partial charge in [-0.1, -0.05) is 32.1 Å². The monoisotopic (exact) mass is 410 g/mol. The summed E-state index contributed by atoms with van der Waals surface area (Å²) >= 11 is 0. The van der Waals surface area contributed by atoms with E-state index in [1.165, 1.54) is 51.0 Å². The SMILES string of the molecule is O=C1C=C(O)C1.[C-]1=CCCC1.[C-]1=CCCCC1.[Y].[Y]. The summed E-state index contributed by atoms with van der Waals surface area (Å²) in [6, 6.07) is 0. The predicted octanol–water partition coefficient (Wildman–Crippen LogP) is 3.85. The van der Waals surface area contributed by atoms with Crippen LogP contribution in [0.15, 0.2) is 24.0 Å². The summed E-state index contributed by atoms with van der Waals surface area (Å²) in [4.78, 5) is 9.87. The molecule has 2 radical (unpaired) electrons. The zero-order chi connectivity index (χ0) is 12.3. The van der Waals surface area contributed by atoms with Gasteiger partial charge in [-0.15, -0.1) is 0 Å². The van der Waals surface area contributed by atoms with Gasteiger partial charge in [-0.05, 0) is 0 Å². The summed E-state index contributed by atoms with van der Waals surface area (Å²) in [7, 11) is 0. The number of carbonyl (C=O) groups is 1. The van der Waals surface area contributed by atoms with Gasteiger partial charge in [-0.25, -0.2) is 0 Å². The van der Waals surface area contributed by atoms with Crippen molar-refractivity contribution in [3.63, 3.8) is 0 Å². The van der Waals surface area contributed by atoms with Gasteiger partial charge in [0.2, 0.25) is 0 Å². The third kappa shape index (κ3) is 13.6. The molecule has 0 aliphatic heterocycles. The molecule has 19 heavy (non-hydrogen) atoms. The summed E-state index contributed by atoms with van der Waals surface area (Å²) in [5.74, 6) is 0.229. The van der Waals surface area contributed by atoms with Gasteiger partial charge in [0.05, 0.1) is 6.42 Å². The van der Waals surface area contributed by atoms with E-state index in [0.717, 1.165) is 0 Å². The third-order valence-corrected chi connectivity index (χ3v) is 2.56. The Morgan fingerprint density at radius 3 is 1.53 bits per heavy atom. The fourth-order valence-corrected chi connectivity index (χ4v) is 1.52. The first-order valence-electron chi connectivity index (χ1n) is 6.31. The van der Waals surface area contributed by atoms with Crippen molar-refractivity contribution in [1.82, 2.24) is 0 Å². The van der Waals surface area contributed by atoms with Crippen molar-refractivity contribution < 1.29 is 75.3 Å². The number of ketones is 1. The second-order valence-corrected chi connectivity index (χ2v) is 4.23. The van der Waals surface area contributed by atoms with Crippen molar-refractivity contribution in [3.8, 4) is 0 Å². The Bertz CT molecular complexity index is 306. The molecule has 100 valence electrons. The first-order chi connectivity index (χ1) is 8.29. The number of carbonyl (C=O) groups excluding carboxylic acids is 1. The third-order valence-electron chi connectivity index (χ3n) is 2.56. The van der Waals surface area contributed by atoms with Crippen LogP contribution in [0.1, 0.15) is 51.4 Å². The molecule has 0 aromatic heterocycles. The van der Waals surface area contributed by atoms with Crippen LogP contribution < -0.4 is 0 Å². The molecule has 0 atom stereocenters. The molecule has 3 aliphatic rings. The van der Waals surface area contributed by atoms with Crippen molar-refractivity contribution in [2.24, 2.45) is 0 Å². The summed E-state index contributed by atoms with van der Waals surface area (Å²) in [5, 5.41) is 8.26. The van der Waals surface area contributed by atoms with E-state index in [1.807, 2.05) is 0 Å². The molecule has 2 nitrogen and oxygen atoms in total. The van der Waals surface area contributed by atoms with Crippen molar-refractivity contribution in [1.29, 1.82) is 0 Å². The minimum Gasteiger partial charge on any atom is -0.512 e. The van der Waals surface area contributed by atoms with Crippen LogP contribution in [0.3, 0.4) is 0 Å². The fraction of sp³-hybridized carbons (Fsp3) is 0.533. The van der Waals surface area contributed by atoms with E-state index in [-0.39, 0.29) is 83.4 Å². The van der Waals surface area contributed by atoms with Crippen LogP contribution in [-0.4, -0.2) is 10.9 Å². The first-order valence-corrected chi connectivity index (χ1v) is 6.31. The van der Waals surface area contributed by atoms with Gasteiger partial charge in [0.25, 0.3) is 0 Å². The quantitative estimate of drug-likeness (QED) is 0.617. The van der Waals surface area contributed by atoms with Gasteiger partial charge in [-0.3, -0.25) is 16.9 Å². The maximum atomic E-state index is 9.87. The normalized spacial score (nSPS) is 18.3. The maximum Gasteiger partial charge on any atom is 0.166 e. The topological polar surface area (TPSA) is 37.3 Å². The van der Waals surface area contributed by atoms with Crippen LogP contribution in [0.4, 0.5) is 0 Å². The number of aliphatic hydroxyl groups is 1. The van der Waals surface area contributed by atoms with Crippen molar-refractivity contribution in [3.05, 3.63) is 36.1 Å². The Balaban J connectivity index is 0. The van der Waals surface area contributed by atoms with Crippen LogP contribution in [0.25, 0.3) is 0 Å². The van der Waals surface area contributed by atoms with E-state index in [4.69, 9.17) is 5.11 Å². The molecule has 0 fully saturated rings. The van der Waals surface area contributed by atoms with Crippen LogP contribution in [0.5, 0.6) is 0 Å². The van der Waals surface area contributed by atoms with E-state index in [2.05, 4.69) is 24.3 Å². The molecule has 0 amide bonds. The van der Waals surface area contributed by atoms with Crippen LogP contribution in [0, 0.1) is 12.2 Å². The van der Waals surface area contributed by atoms with Crippen molar-refractivity contribution >= 4 is 5.78 Å². The number of hydrogen-bond acceptors (Lipinski definition) is 2. The van der Waals surface area contributed by atoms with E-state index >= 15 is 0 Å². The standard InChI is InChI=1S/C6H9.C5H7.C4H4O2.2Y/c1-2-4-6-5-3-1;1-2-4-5-3-1;5-3-1-4(6)2-3;;/h1H,2,4-6H2;1H,2,4-5H2;1,5H,2H2;;/q2*-1;;;. The minimum absolute atomic E-state index is 0. The van der Waals surface area contributed by atoms with Gasteiger partial charge in [-0.2, -0.15) is 12.8 Å². The molecule has 0 unspecified atom stereocenters. The van der Waals surface area contributed by atoms with Gasteiger partial charge >= 0.3 is 0 Å². The number of rotatable bonds is 0. The largest absolute Gasteiger partial charge is 0.512 e. The molecular formula is C15H20O2Y2-2. The molecule has 0 saturated heterocycles. The molecule has 3 rings (SSSR count). The first kappa shape index (κ1) is 22.2. The Hall–Kier alpha value is 0.898. The molecular weight excluding hydrogens is 390 g/mol. The number of aliphatic hydroxyl groups excluding tert-OH is 1. The van der Waals surface area contributed by atoms with E-state index < -0.39 is 0 Å². The average molecular weight is 410 g/mol. The molecule has 0 saturated carbocycles. The molecule has 0 bridgehead atoms. The summed E-state index contributed by atoms with van der Waals surface area (Å²) in [5.41, 5.74) is 0. The van der Waals surface area contributed by atoms with Gasteiger partial charge in [0.1, 0.15) is 5.76 Å². The zero-order valence-corrected chi connectivity index (χ0v) is 17.1. The Morgan fingerprint density at radius 1 is 0.947 bits per heavy atom. The molecule has 0 heterocycles. The Kier molecular flexibility index (Phi) is 17.9. The smallest absolute Gasteiger partial charge is 0.166 e. The fourth-order valence-electron chi connectivity index (χ4n) is 1.52. The summed E-state index contributed by atoms with van der Waals surface area (Å²) in [6.07, 6.45) is 21.0. The molecule has 0 aromatic rings. The van der Waals surface area contributed by atoms with Crippen LogP contribution in [0.2, 0.25) is 0 Å². The Morgan fingerprint density at radius 2 is 1.47 bits per heavy atom. The van der Waals surface area contributed by atoms with Gasteiger partial charge in [0.15, 0.2) is 5.78 Å². The molecule has 0 spiro atoms. The second-order valence-electron chi connectivity index (χ2n) is 4.23. The minimum atomic E-state index is 0.